The Labute approximate surface area is 110 Å². The summed E-state index contributed by atoms with van der Waals surface area (Å²) in [5.74, 6) is 1.07. The third-order valence-corrected chi connectivity index (χ3v) is 2.83. The summed E-state index contributed by atoms with van der Waals surface area (Å²) >= 11 is 4.20. The minimum Gasteiger partial charge on any atom is -1.00 e. The summed E-state index contributed by atoms with van der Waals surface area (Å²) in [7, 11) is 0. The van der Waals surface area contributed by atoms with Crippen LogP contribution in [-0.2, 0) is 0 Å². The Kier molecular flexibility index (Phi) is 20.3. The molecule has 0 aromatic rings. The van der Waals surface area contributed by atoms with E-state index >= 15 is 0 Å². The van der Waals surface area contributed by atoms with E-state index in [0.29, 0.717) is 0 Å². The van der Waals surface area contributed by atoms with E-state index in [-0.39, 0.29) is 20.3 Å². The van der Waals surface area contributed by atoms with Crippen molar-refractivity contribution in [2.75, 3.05) is 5.75 Å². The van der Waals surface area contributed by atoms with Gasteiger partial charge in [-0.05, 0) is 12.2 Å². The molecule has 0 aliphatic carbocycles. The average molecular weight is 210 g/mol. The first-order valence-electron chi connectivity index (χ1n) is 6.02. The minimum atomic E-state index is 0. The maximum Gasteiger partial charge on any atom is 1.00 e. The first kappa shape index (κ1) is 17.3. The topological polar surface area (TPSA) is 0 Å². The molecule has 0 N–H and O–H groups in total. The van der Waals surface area contributed by atoms with Crippen molar-refractivity contribution in [3.05, 3.63) is 0 Å². The Morgan fingerprint density at radius 1 is 0.714 bits per heavy atom. The molecule has 0 aromatic carbocycles. The second-order valence-electron chi connectivity index (χ2n) is 3.91. The standard InChI is InChI=1S/C12H26S.Li.H/c1-2-3-4-5-6-7-8-9-10-11-12-13;;/h13H,2-12H2,1H3;;/q;+1;-1. The van der Waals surface area contributed by atoms with Crippen LogP contribution >= 0.6 is 12.6 Å². The minimum absolute atomic E-state index is 0. The van der Waals surface area contributed by atoms with E-state index in [1.54, 1.807) is 0 Å². The Balaban J connectivity index is -0.000000720. The van der Waals surface area contributed by atoms with Crippen molar-refractivity contribution >= 4 is 12.6 Å². The predicted molar refractivity (Wildman–Crippen MR) is 66.8 cm³/mol. The number of hydrogen-bond donors (Lipinski definition) is 1. The summed E-state index contributed by atoms with van der Waals surface area (Å²) in [5, 5.41) is 0. The number of thiol groups is 1. The second-order valence-corrected chi connectivity index (χ2v) is 4.35. The van der Waals surface area contributed by atoms with Crippen molar-refractivity contribution < 1.29 is 20.3 Å². The van der Waals surface area contributed by atoms with Crippen molar-refractivity contribution in [3.8, 4) is 0 Å². The van der Waals surface area contributed by atoms with Gasteiger partial charge in [-0.15, -0.1) is 0 Å². The van der Waals surface area contributed by atoms with Crippen LogP contribution < -0.4 is 18.9 Å². The molecule has 0 heterocycles. The molecule has 0 aliphatic rings. The monoisotopic (exact) mass is 210 g/mol. The van der Waals surface area contributed by atoms with Gasteiger partial charge in [-0.3, -0.25) is 0 Å². The van der Waals surface area contributed by atoms with Gasteiger partial charge in [0, 0.05) is 0 Å². The molecule has 0 spiro atoms. The first-order chi connectivity index (χ1) is 6.41. The van der Waals surface area contributed by atoms with Crippen LogP contribution in [0.3, 0.4) is 0 Å². The zero-order valence-electron chi connectivity index (χ0n) is 11.2. The number of rotatable bonds is 10. The van der Waals surface area contributed by atoms with Crippen LogP contribution in [0.5, 0.6) is 0 Å². The quantitative estimate of drug-likeness (QED) is 0.318. The van der Waals surface area contributed by atoms with Gasteiger partial charge in [-0.2, -0.15) is 12.6 Å². The van der Waals surface area contributed by atoms with Crippen LogP contribution in [0.1, 0.15) is 72.6 Å². The molecule has 0 radical (unpaired) electrons. The molecule has 0 aromatic heterocycles. The molecule has 0 fully saturated rings. The second kappa shape index (κ2) is 16.4. The zero-order valence-corrected chi connectivity index (χ0v) is 11.1. The molecule has 0 unspecified atom stereocenters. The largest absolute Gasteiger partial charge is 1.00 e. The fourth-order valence-corrected chi connectivity index (χ4v) is 1.82. The van der Waals surface area contributed by atoms with Gasteiger partial charge in [-0.25, -0.2) is 0 Å². The van der Waals surface area contributed by atoms with Crippen LogP contribution in [0, 0.1) is 0 Å². The van der Waals surface area contributed by atoms with E-state index in [4.69, 9.17) is 0 Å². The Morgan fingerprint density at radius 3 is 1.43 bits per heavy atom. The molecule has 0 bridgehead atoms. The summed E-state index contributed by atoms with van der Waals surface area (Å²) in [5.41, 5.74) is 0. The SMILES string of the molecule is CCCCCCCCCCCCS.[H-].[Li+]. The van der Waals surface area contributed by atoms with E-state index in [1.165, 1.54) is 64.2 Å². The molecule has 0 atom stereocenters. The maximum absolute atomic E-state index is 4.20. The smallest absolute Gasteiger partial charge is 1.00 e. The summed E-state index contributed by atoms with van der Waals surface area (Å²) in [6.07, 6.45) is 14.2. The van der Waals surface area contributed by atoms with Gasteiger partial charge in [0.05, 0.1) is 0 Å². The van der Waals surface area contributed by atoms with Crippen molar-refractivity contribution in [2.45, 2.75) is 71.1 Å². The summed E-state index contributed by atoms with van der Waals surface area (Å²) in [4.78, 5) is 0. The van der Waals surface area contributed by atoms with Crippen LogP contribution in [0.25, 0.3) is 0 Å². The Bertz CT molecular complexity index is 81.7. The molecule has 0 nitrogen and oxygen atoms in total. The Hall–Kier alpha value is 0.947. The van der Waals surface area contributed by atoms with E-state index in [9.17, 15) is 0 Å². The van der Waals surface area contributed by atoms with Crippen molar-refractivity contribution in [2.24, 2.45) is 0 Å². The molecule has 0 saturated heterocycles. The molecule has 2 heteroatoms. The summed E-state index contributed by atoms with van der Waals surface area (Å²) < 4.78 is 0. The fourth-order valence-electron chi connectivity index (χ4n) is 1.60. The normalized spacial score (nSPS) is 9.86. The fraction of sp³-hybridized carbons (Fsp3) is 1.00. The van der Waals surface area contributed by atoms with Crippen LogP contribution in [-0.4, -0.2) is 5.75 Å². The van der Waals surface area contributed by atoms with E-state index in [1.807, 2.05) is 0 Å². The summed E-state index contributed by atoms with van der Waals surface area (Å²) in [6, 6.07) is 0. The average Bonchev–Trinajstić information content (AvgIpc) is 2.16. The molecule has 14 heavy (non-hydrogen) atoms. The maximum atomic E-state index is 4.20. The number of unbranched alkanes of at least 4 members (excludes halogenated alkanes) is 9. The van der Waals surface area contributed by atoms with Crippen LogP contribution in [0.4, 0.5) is 0 Å². The molecule has 0 amide bonds. The molecule has 0 aliphatic heterocycles. The van der Waals surface area contributed by atoms with E-state index in [2.05, 4.69) is 19.6 Å². The Morgan fingerprint density at radius 2 is 1.07 bits per heavy atom. The van der Waals surface area contributed by atoms with Crippen molar-refractivity contribution in [3.63, 3.8) is 0 Å². The van der Waals surface area contributed by atoms with Gasteiger partial charge < -0.3 is 1.43 Å². The van der Waals surface area contributed by atoms with E-state index in [0.717, 1.165) is 5.75 Å². The molecular weight excluding hydrogens is 183 g/mol. The van der Waals surface area contributed by atoms with Gasteiger partial charge in [0.2, 0.25) is 0 Å². The van der Waals surface area contributed by atoms with Gasteiger partial charge in [0.15, 0.2) is 0 Å². The third-order valence-electron chi connectivity index (χ3n) is 2.51. The van der Waals surface area contributed by atoms with Crippen molar-refractivity contribution in [1.29, 1.82) is 0 Å². The zero-order chi connectivity index (χ0) is 9.78. The molecular formula is C12H27LiS. The molecule has 0 rings (SSSR count). The van der Waals surface area contributed by atoms with Crippen LogP contribution in [0.2, 0.25) is 0 Å². The van der Waals surface area contributed by atoms with Gasteiger partial charge >= 0.3 is 18.9 Å². The van der Waals surface area contributed by atoms with Crippen molar-refractivity contribution in [1.82, 2.24) is 0 Å². The summed E-state index contributed by atoms with van der Waals surface area (Å²) in [6.45, 7) is 2.28. The predicted octanol–water partition coefficient (Wildman–Crippen LogP) is 1.95. The number of hydrogen-bond acceptors (Lipinski definition) is 1. The first-order valence-corrected chi connectivity index (χ1v) is 6.66. The van der Waals surface area contributed by atoms with Crippen LogP contribution in [0.15, 0.2) is 0 Å². The molecule has 0 saturated carbocycles. The molecule has 82 valence electrons. The van der Waals surface area contributed by atoms with Gasteiger partial charge in [0.1, 0.15) is 0 Å². The van der Waals surface area contributed by atoms with Gasteiger partial charge in [-0.1, -0.05) is 64.7 Å². The van der Waals surface area contributed by atoms with Gasteiger partial charge in [0.25, 0.3) is 0 Å². The van der Waals surface area contributed by atoms with E-state index < -0.39 is 0 Å². The third kappa shape index (κ3) is 15.4.